The summed E-state index contributed by atoms with van der Waals surface area (Å²) in [5, 5.41) is 2.86. The Labute approximate surface area is 153 Å². The molecule has 3 aromatic rings. The Bertz CT molecular complexity index is 881. The first-order chi connectivity index (χ1) is 12.7. The van der Waals surface area contributed by atoms with E-state index in [2.05, 4.69) is 22.1 Å². The van der Waals surface area contributed by atoms with Crippen LogP contribution in [0.15, 0.2) is 72.9 Å². The van der Waals surface area contributed by atoms with Crippen LogP contribution in [-0.2, 0) is 0 Å². The Balaban J connectivity index is 1.83. The highest BCUT2D eigenvalue weighted by Gasteiger charge is 2.12. The van der Waals surface area contributed by atoms with Crippen LogP contribution in [0.3, 0.4) is 0 Å². The highest BCUT2D eigenvalue weighted by Crippen LogP contribution is 2.25. The fraction of sp³-hybridized carbons (Fsp3) is 0.143. The molecule has 1 amide bonds. The average molecular weight is 347 g/mol. The SMILES string of the molecule is CCN(c1ccccc1)c1ccnc(C(=O)Nc2cccc(OC)c2)c1. The number of para-hydroxylation sites is 1. The summed E-state index contributed by atoms with van der Waals surface area (Å²) in [5.74, 6) is 0.426. The van der Waals surface area contributed by atoms with Gasteiger partial charge in [-0.05, 0) is 43.3 Å². The number of benzene rings is 2. The molecular formula is C21H21N3O2. The summed E-state index contributed by atoms with van der Waals surface area (Å²) in [4.78, 5) is 18.9. The molecule has 0 aliphatic carbocycles. The van der Waals surface area contributed by atoms with E-state index in [0.29, 0.717) is 17.1 Å². The zero-order chi connectivity index (χ0) is 18.4. The molecule has 1 heterocycles. The van der Waals surface area contributed by atoms with Gasteiger partial charge in [-0.2, -0.15) is 0 Å². The van der Waals surface area contributed by atoms with Crippen molar-refractivity contribution in [3.05, 3.63) is 78.6 Å². The van der Waals surface area contributed by atoms with E-state index < -0.39 is 0 Å². The third kappa shape index (κ3) is 4.00. The summed E-state index contributed by atoms with van der Waals surface area (Å²) in [7, 11) is 1.59. The van der Waals surface area contributed by atoms with Gasteiger partial charge < -0.3 is 15.0 Å². The smallest absolute Gasteiger partial charge is 0.274 e. The first kappa shape index (κ1) is 17.5. The molecule has 1 aromatic heterocycles. The molecule has 0 saturated carbocycles. The van der Waals surface area contributed by atoms with E-state index in [1.54, 1.807) is 25.4 Å². The molecule has 132 valence electrons. The number of anilines is 3. The van der Waals surface area contributed by atoms with Crippen LogP contribution in [0, 0.1) is 0 Å². The summed E-state index contributed by atoms with van der Waals surface area (Å²) < 4.78 is 5.18. The molecule has 26 heavy (non-hydrogen) atoms. The van der Waals surface area contributed by atoms with Crippen molar-refractivity contribution in [2.45, 2.75) is 6.92 Å². The lowest BCUT2D eigenvalue weighted by Gasteiger charge is -2.23. The van der Waals surface area contributed by atoms with Crippen molar-refractivity contribution < 1.29 is 9.53 Å². The third-order valence-corrected chi connectivity index (χ3v) is 4.00. The minimum atomic E-state index is -0.260. The lowest BCUT2D eigenvalue weighted by atomic mass is 10.2. The quantitative estimate of drug-likeness (QED) is 0.713. The van der Waals surface area contributed by atoms with Crippen molar-refractivity contribution in [1.82, 2.24) is 4.98 Å². The van der Waals surface area contributed by atoms with Crippen LogP contribution >= 0.6 is 0 Å². The van der Waals surface area contributed by atoms with Crippen molar-refractivity contribution in [1.29, 1.82) is 0 Å². The van der Waals surface area contributed by atoms with E-state index in [0.717, 1.165) is 17.9 Å². The molecule has 0 unspecified atom stereocenters. The van der Waals surface area contributed by atoms with Crippen LogP contribution in [0.5, 0.6) is 5.75 Å². The number of nitrogens with one attached hydrogen (secondary N) is 1. The largest absolute Gasteiger partial charge is 0.497 e. The zero-order valence-corrected chi connectivity index (χ0v) is 14.8. The summed E-state index contributed by atoms with van der Waals surface area (Å²) in [6.07, 6.45) is 1.65. The number of hydrogen-bond acceptors (Lipinski definition) is 4. The Hall–Kier alpha value is -3.34. The van der Waals surface area contributed by atoms with Gasteiger partial charge >= 0.3 is 0 Å². The summed E-state index contributed by atoms with van der Waals surface area (Å²) >= 11 is 0. The van der Waals surface area contributed by atoms with E-state index in [1.807, 2.05) is 54.6 Å². The Morgan fingerprint density at radius 3 is 2.58 bits per heavy atom. The minimum absolute atomic E-state index is 0.260. The van der Waals surface area contributed by atoms with Crippen molar-refractivity contribution >= 4 is 23.0 Å². The second-order valence-electron chi connectivity index (χ2n) is 5.67. The molecule has 0 fully saturated rings. The van der Waals surface area contributed by atoms with E-state index >= 15 is 0 Å². The van der Waals surface area contributed by atoms with Crippen molar-refractivity contribution in [2.75, 3.05) is 23.9 Å². The molecule has 5 nitrogen and oxygen atoms in total. The molecule has 1 N–H and O–H groups in total. The van der Waals surface area contributed by atoms with E-state index in [-0.39, 0.29) is 5.91 Å². The standard InChI is InChI=1S/C21H21N3O2/c1-3-24(17-9-5-4-6-10-17)18-12-13-22-20(15-18)21(25)23-16-8-7-11-19(14-16)26-2/h4-15H,3H2,1-2H3,(H,23,25). The summed E-state index contributed by atoms with van der Waals surface area (Å²) in [6.45, 7) is 2.86. The number of hydrogen-bond donors (Lipinski definition) is 1. The molecule has 0 spiro atoms. The van der Waals surface area contributed by atoms with Gasteiger partial charge in [-0.25, -0.2) is 0 Å². The zero-order valence-electron chi connectivity index (χ0n) is 14.8. The number of amides is 1. The van der Waals surface area contributed by atoms with Gasteiger partial charge in [0.2, 0.25) is 0 Å². The van der Waals surface area contributed by atoms with E-state index in [4.69, 9.17) is 4.74 Å². The topological polar surface area (TPSA) is 54.5 Å². The van der Waals surface area contributed by atoms with Crippen LogP contribution in [0.1, 0.15) is 17.4 Å². The number of ether oxygens (including phenoxy) is 1. The predicted octanol–water partition coefficient (Wildman–Crippen LogP) is 4.50. The number of nitrogens with zero attached hydrogens (tertiary/aromatic N) is 2. The summed E-state index contributed by atoms with van der Waals surface area (Å²) in [5.41, 5.74) is 3.02. The molecule has 0 radical (unpaired) electrons. The predicted molar refractivity (Wildman–Crippen MR) is 104 cm³/mol. The molecule has 3 rings (SSSR count). The second-order valence-corrected chi connectivity index (χ2v) is 5.67. The highest BCUT2D eigenvalue weighted by molar-refractivity contribution is 6.03. The van der Waals surface area contributed by atoms with Crippen LogP contribution in [0.2, 0.25) is 0 Å². The van der Waals surface area contributed by atoms with Gasteiger partial charge in [-0.3, -0.25) is 9.78 Å². The molecule has 0 bridgehead atoms. The molecular weight excluding hydrogens is 326 g/mol. The van der Waals surface area contributed by atoms with Crippen LogP contribution in [-0.4, -0.2) is 24.5 Å². The molecule has 0 atom stereocenters. The average Bonchev–Trinajstić information content (AvgIpc) is 2.70. The first-order valence-electron chi connectivity index (χ1n) is 8.45. The Kier molecular flexibility index (Phi) is 5.49. The molecule has 0 saturated heterocycles. The van der Waals surface area contributed by atoms with Crippen molar-refractivity contribution in [3.63, 3.8) is 0 Å². The lowest BCUT2D eigenvalue weighted by molar-refractivity contribution is 0.102. The maximum atomic E-state index is 12.6. The first-order valence-corrected chi connectivity index (χ1v) is 8.45. The fourth-order valence-electron chi connectivity index (χ4n) is 2.73. The Morgan fingerprint density at radius 1 is 1.04 bits per heavy atom. The van der Waals surface area contributed by atoms with Crippen LogP contribution in [0.25, 0.3) is 0 Å². The minimum Gasteiger partial charge on any atom is -0.497 e. The van der Waals surface area contributed by atoms with Crippen LogP contribution < -0.4 is 15.0 Å². The van der Waals surface area contributed by atoms with Crippen molar-refractivity contribution in [3.8, 4) is 5.75 Å². The van der Waals surface area contributed by atoms with Gasteiger partial charge in [0, 0.05) is 35.9 Å². The third-order valence-electron chi connectivity index (χ3n) is 4.00. The van der Waals surface area contributed by atoms with Crippen LogP contribution in [0.4, 0.5) is 17.1 Å². The molecule has 0 aliphatic heterocycles. The molecule has 5 heteroatoms. The number of carbonyl (C=O) groups is 1. The molecule has 0 aliphatic rings. The van der Waals surface area contributed by atoms with Crippen molar-refractivity contribution in [2.24, 2.45) is 0 Å². The second kappa shape index (κ2) is 8.16. The normalized spacial score (nSPS) is 10.2. The lowest BCUT2D eigenvalue weighted by Crippen LogP contribution is -2.18. The summed E-state index contributed by atoms with van der Waals surface area (Å²) in [6, 6.07) is 21.0. The monoisotopic (exact) mass is 347 g/mol. The van der Waals surface area contributed by atoms with E-state index in [1.165, 1.54) is 0 Å². The van der Waals surface area contributed by atoms with Gasteiger partial charge in [-0.1, -0.05) is 24.3 Å². The van der Waals surface area contributed by atoms with Gasteiger partial charge in [0.1, 0.15) is 11.4 Å². The van der Waals surface area contributed by atoms with Gasteiger partial charge in [0.05, 0.1) is 7.11 Å². The number of aromatic nitrogens is 1. The highest BCUT2D eigenvalue weighted by atomic mass is 16.5. The number of rotatable bonds is 6. The number of methoxy groups -OCH3 is 1. The Morgan fingerprint density at radius 2 is 1.85 bits per heavy atom. The van der Waals surface area contributed by atoms with Gasteiger partial charge in [0.15, 0.2) is 0 Å². The maximum Gasteiger partial charge on any atom is 0.274 e. The van der Waals surface area contributed by atoms with E-state index in [9.17, 15) is 4.79 Å². The van der Waals surface area contributed by atoms with Gasteiger partial charge in [0.25, 0.3) is 5.91 Å². The maximum absolute atomic E-state index is 12.6. The fourth-order valence-corrected chi connectivity index (χ4v) is 2.73. The molecule has 2 aromatic carbocycles. The van der Waals surface area contributed by atoms with Gasteiger partial charge in [-0.15, -0.1) is 0 Å². The number of carbonyl (C=O) groups excluding carboxylic acids is 1. The number of pyridine rings is 1.